The second-order valence-corrected chi connectivity index (χ2v) is 6.61. The summed E-state index contributed by atoms with van der Waals surface area (Å²) in [5.41, 5.74) is 6.78. The summed E-state index contributed by atoms with van der Waals surface area (Å²) in [7, 11) is 1.71. The molecule has 0 aliphatic rings. The minimum atomic E-state index is -0.132. The predicted octanol–water partition coefficient (Wildman–Crippen LogP) is 2.75. The van der Waals surface area contributed by atoms with Gasteiger partial charge in [-0.2, -0.15) is 0 Å². The van der Waals surface area contributed by atoms with E-state index in [0.29, 0.717) is 18.3 Å². The molecule has 0 fully saturated rings. The zero-order valence-electron chi connectivity index (χ0n) is 13.7. The molecule has 5 nitrogen and oxygen atoms in total. The van der Waals surface area contributed by atoms with Gasteiger partial charge in [-0.15, -0.1) is 0 Å². The molecule has 5 heteroatoms. The van der Waals surface area contributed by atoms with Crippen molar-refractivity contribution in [3.8, 4) is 0 Å². The Kier molecular flexibility index (Phi) is 5.34. The van der Waals surface area contributed by atoms with Gasteiger partial charge < -0.3 is 15.8 Å². The first-order valence-electron chi connectivity index (χ1n) is 7.06. The van der Waals surface area contributed by atoms with Gasteiger partial charge in [0.1, 0.15) is 17.5 Å². The minimum Gasteiger partial charge on any atom is -0.383 e. The highest BCUT2D eigenvalue weighted by atomic mass is 16.5. The summed E-state index contributed by atoms with van der Waals surface area (Å²) in [6.07, 6.45) is 0. The fraction of sp³-hybridized carbons (Fsp3) is 0.733. The largest absolute Gasteiger partial charge is 0.383 e. The van der Waals surface area contributed by atoms with E-state index in [1.54, 1.807) is 7.11 Å². The Morgan fingerprint density at radius 1 is 1.25 bits per heavy atom. The average molecular weight is 280 g/mol. The van der Waals surface area contributed by atoms with Crippen molar-refractivity contribution in [2.24, 2.45) is 5.92 Å². The maximum Gasteiger partial charge on any atom is 0.138 e. The molecule has 3 N–H and O–H groups in total. The number of nitrogens with two attached hydrogens (primary N) is 1. The number of anilines is 2. The quantitative estimate of drug-likeness (QED) is 0.867. The van der Waals surface area contributed by atoms with Gasteiger partial charge in [-0.3, -0.25) is 0 Å². The predicted molar refractivity (Wildman–Crippen MR) is 84.0 cm³/mol. The summed E-state index contributed by atoms with van der Waals surface area (Å²) < 4.78 is 5.27. The van der Waals surface area contributed by atoms with Crippen LogP contribution in [0.2, 0.25) is 0 Å². The summed E-state index contributed by atoms with van der Waals surface area (Å²) in [4.78, 5) is 9.05. The van der Waals surface area contributed by atoms with Crippen molar-refractivity contribution in [1.29, 1.82) is 0 Å². The zero-order valence-corrected chi connectivity index (χ0v) is 13.7. The molecular formula is C15H28N4O. The van der Waals surface area contributed by atoms with E-state index in [1.807, 2.05) is 6.92 Å². The van der Waals surface area contributed by atoms with Gasteiger partial charge in [0.15, 0.2) is 0 Å². The normalized spacial score (nSPS) is 13.6. The Morgan fingerprint density at radius 2 is 1.85 bits per heavy atom. The lowest BCUT2D eigenvalue weighted by molar-refractivity contribution is 0.171. The second kappa shape index (κ2) is 6.39. The number of methoxy groups -OCH3 is 1. The third kappa shape index (κ3) is 4.07. The number of nitrogen functional groups attached to an aromatic ring is 1. The third-order valence-electron chi connectivity index (χ3n) is 3.33. The summed E-state index contributed by atoms with van der Waals surface area (Å²) >= 11 is 0. The lowest BCUT2D eigenvalue weighted by Gasteiger charge is -2.25. The van der Waals surface area contributed by atoms with Crippen LogP contribution in [0.1, 0.15) is 46.0 Å². The van der Waals surface area contributed by atoms with Crippen LogP contribution in [0.4, 0.5) is 11.6 Å². The van der Waals surface area contributed by atoms with E-state index in [1.165, 1.54) is 0 Å². The Labute approximate surface area is 122 Å². The van der Waals surface area contributed by atoms with Crippen LogP contribution in [-0.2, 0) is 10.2 Å². The van der Waals surface area contributed by atoms with Gasteiger partial charge in [-0.05, 0) is 12.8 Å². The van der Waals surface area contributed by atoms with E-state index in [4.69, 9.17) is 10.5 Å². The number of hydrogen-bond donors (Lipinski definition) is 2. The summed E-state index contributed by atoms with van der Waals surface area (Å²) in [5, 5.41) is 3.44. The summed E-state index contributed by atoms with van der Waals surface area (Å²) in [6, 6.07) is 0.195. The van der Waals surface area contributed by atoms with Gasteiger partial charge in [0.05, 0.1) is 12.6 Å². The molecule has 0 spiro atoms. The standard InChI is InChI=1S/C15H28N4O/c1-9(2)11(8-20-7)17-13-10(3)12(16)18-14(19-13)15(4,5)6/h9,11H,8H2,1-7H3,(H3,16,17,18,19). The number of ether oxygens (including phenoxy) is 1. The fourth-order valence-electron chi connectivity index (χ4n) is 1.77. The Bertz CT molecular complexity index is 452. The van der Waals surface area contributed by atoms with Crippen molar-refractivity contribution in [1.82, 2.24) is 9.97 Å². The van der Waals surface area contributed by atoms with Crippen LogP contribution >= 0.6 is 0 Å². The molecule has 1 rings (SSSR count). The minimum absolute atomic E-state index is 0.132. The molecule has 114 valence electrons. The Hall–Kier alpha value is -1.36. The van der Waals surface area contributed by atoms with Gasteiger partial charge >= 0.3 is 0 Å². The molecule has 0 aromatic carbocycles. The Balaban J connectivity index is 3.13. The van der Waals surface area contributed by atoms with Gasteiger partial charge in [0, 0.05) is 18.1 Å². The topological polar surface area (TPSA) is 73.1 Å². The smallest absolute Gasteiger partial charge is 0.138 e. The number of hydrogen-bond acceptors (Lipinski definition) is 5. The first kappa shape index (κ1) is 16.7. The molecule has 0 bridgehead atoms. The van der Waals surface area contributed by atoms with E-state index in [2.05, 4.69) is 49.9 Å². The highest BCUT2D eigenvalue weighted by Crippen LogP contribution is 2.25. The lowest BCUT2D eigenvalue weighted by Crippen LogP contribution is -2.32. The third-order valence-corrected chi connectivity index (χ3v) is 3.33. The first-order valence-corrected chi connectivity index (χ1v) is 7.06. The molecule has 1 unspecified atom stereocenters. The second-order valence-electron chi connectivity index (χ2n) is 6.61. The molecule has 20 heavy (non-hydrogen) atoms. The molecular weight excluding hydrogens is 252 g/mol. The van der Waals surface area contributed by atoms with Crippen molar-refractivity contribution in [3.05, 3.63) is 11.4 Å². The van der Waals surface area contributed by atoms with Crippen molar-refractivity contribution in [2.75, 3.05) is 24.8 Å². The molecule has 1 aromatic rings. The van der Waals surface area contributed by atoms with Crippen molar-refractivity contribution >= 4 is 11.6 Å². The molecule has 0 amide bonds. The molecule has 0 radical (unpaired) electrons. The SMILES string of the molecule is COCC(Nc1nc(C(C)(C)C)nc(N)c1C)C(C)C. The molecule has 0 aliphatic carbocycles. The molecule has 0 saturated carbocycles. The monoisotopic (exact) mass is 280 g/mol. The van der Waals surface area contributed by atoms with Gasteiger partial charge in [0.25, 0.3) is 0 Å². The van der Waals surface area contributed by atoms with Crippen LogP contribution < -0.4 is 11.1 Å². The fourth-order valence-corrected chi connectivity index (χ4v) is 1.77. The van der Waals surface area contributed by atoms with E-state index in [-0.39, 0.29) is 11.5 Å². The highest BCUT2D eigenvalue weighted by molar-refractivity contribution is 5.55. The summed E-state index contributed by atoms with van der Waals surface area (Å²) in [6.45, 7) is 13.1. The molecule has 1 atom stereocenters. The Morgan fingerprint density at radius 3 is 2.30 bits per heavy atom. The van der Waals surface area contributed by atoms with Gasteiger partial charge in [-0.1, -0.05) is 34.6 Å². The molecule has 1 heterocycles. The number of aromatic nitrogens is 2. The van der Waals surface area contributed by atoms with Gasteiger partial charge in [0.2, 0.25) is 0 Å². The number of nitrogens with one attached hydrogen (secondary N) is 1. The molecule has 0 aliphatic heterocycles. The van der Waals surface area contributed by atoms with E-state index >= 15 is 0 Å². The first-order chi connectivity index (χ1) is 9.16. The van der Waals surface area contributed by atoms with Crippen LogP contribution in [0.25, 0.3) is 0 Å². The van der Waals surface area contributed by atoms with Crippen LogP contribution in [0.5, 0.6) is 0 Å². The van der Waals surface area contributed by atoms with E-state index in [9.17, 15) is 0 Å². The van der Waals surface area contributed by atoms with Crippen LogP contribution in [0.3, 0.4) is 0 Å². The van der Waals surface area contributed by atoms with E-state index < -0.39 is 0 Å². The number of rotatable bonds is 5. The van der Waals surface area contributed by atoms with Crippen molar-refractivity contribution in [2.45, 2.75) is 53.0 Å². The van der Waals surface area contributed by atoms with E-state index in [0.717, 1.165) is 17.2 Å². The maximum atomic E-state index is 6.02. The van der Waals surface area contributed by atoms with Crippen LogP contribution in [0, 0.1) is 12.8 Å². The summed E-state index contributed by atoms with van der Waals surface area (Å²) in [5.74, 6) is 2.53. The number of nitrogens with zero attached hydrogens (tertiary/aromatic N) is 2. The van der Waals surface area contributed by atoms with Crippen LogP contribution in [-0.4, -0.2) is 29.7 Å². The lowest BCUT2D eigenvalue weighted by atomic mass is 9.95. The van der Waals surface area contributed by atoms with Crippen molar-refractivity contribution in [3.63, 3.8) is 0 Å². The average Bonchev–Trinajstić information content (AvgIpc) is 2.32. The molecule has 1 aromatic heterocycles. The molecule has 0 saturated heterocycles. The maximum absolute atomic E-state index is 6.02. The van der Waals surface area contributed by atoms with Crippen molar-refractivity contribution < 1.29 is 4.74 Å². The zero-order chi connectivity index (χ0) is 15.5. The van der Waals surface area contributed by atoms with Gasteiger partial charge in [-0.25, -0.2) is 9.97 Å². The van der Waals surface area contributed by atoms with Crippen LogP contribution in [0.15, 0.2) is 0 Å². The highest BCUT2D eigenvalue weighted by Gasteiger charge is 2.22.